The predicted octanol–water partition coefficient (Wildman–Crippen LogP) is 2.60. The lowest BCUT2D eigenvalue weighted by atomic mass is 9.93. The molecule has 1 aromatic rings. The van der Waals surface area contributed by atoms with Crippen molar-refractivity contribution < 1.29 is 14.6 Å². The van der Waals surface area contributed by atoms with Gasteiger partial charge < -0.3 is 14.6 Å². The van der Waals surface area contributed by atoms with Gasteiger partial charge in [-0.3, -0.25) is 0 Å². The molecule has 3 nitrogen and oxygen atoms in total. The van der Waals surface area contributed by atoms with E-state index >= 15 is 0 Å². The third-order valence-electron chi connectivity index (χ3n) is 2.47. The molecule has 0 fully saturated rings. The molecule has 1 N–H and O–H groups in total. The van der Waals surface area contributed by atoms with E-state index in [0.717, 1.165) is 5.56 Å². The van der Waals surface area contributed by atoms with Crippen LogP contribution in [0.2, 0.25) is 5.02 Å². The molecule has 1 aromatic carbocycles. The van der Waals surface area contributed by atoms with Crippen molar-refractivity contribution in [2.45, 2.75) is 26.4 Å². The van der Waals surface area contributed by atoms with Crippen LogP contribution in [0.25, 0.3) is 0 Å². The van der Waals surface area contributed by atoms with Gasteiger partial charge in [0.1, 0.15) is 0 Å². The molecule has 0 spiro atoms. The molecule has 0 unspecified atom stereocenters. The monoisotopic (exact) mass is 228 g/mol. The molecule has 0 bridgehead atoms. The minimum absolute atomic E-state index is 0.210. The van der Waals surface area contributed by atoms with Gasteiger partial charge in [-0.25, -0.2) is 0 Å². The van der Waals surface area contributed by atoms with Crippen LogP contribution in [0, 0.1) is 6.92 Å². The van der Waals surface area contributed by atoms with Crippen LogP contribution < -0.4 is 9.47 Å². The fraction of sp³-hybridized carbons (Fsp3) is 0.455. The van der Waals surface area contributed by atoms with Gasteiger partial charge in [0.05, 0.1) is 10.6 Å². The van der Waals surface area contributed by atoms with E-state index < -0.39 is 5.60 Å². The summed E-state index contributed by atoms with van der Waals surface area (Å²) in [6, 6.07) is 1.68. The second kappa shape index (κ2) is 3.29. The van der Waals surface area contributed by atoms with Crippen molar-refractivity contribution in [2.24, 2.45) is 0 Å². The largest absolute Gasteiger partial charge is 0.454 e. The van der Waals surface area contributed by atoms with Crippen LogP contribution in [0.1, 0.15) is 25.0 Å². The lowest BCUT2D eigenvalue weighted by Crippen LogP contribution is -2.18. The van der Waals surface area contributed by atoms with Crippen LogP contribution in [-0.4, -0.2) is 11.9 Å². The zero-order valence-corrected chi connectivity index (χ0v) is 9.68. The molecule has 0 saturated carbocycles. The van der Waals surface area contributed by atoms with Gasteiger partial charge in [-0.1, -0.05) is 11.6 Å². The normalized spacial score (nSPS) is 14.5. The van der Waals surface area contributed by atoms with E-state index in [1.54, 1.807) is 19.9 Å². The first kappa shape index (κ1) is 10.6. The molecule has 0 aliphatic carbocycles. The molecule has 0 atom stereocenters. The lowest BCUT2D eigenvalue weighted by Gasteiger charge is -2.22. The first-order chi connectivity index (χ1) is 6.91. The molecule has 2 rings (SSSR count). The maximum Gasteiger partial charge on any atom is 0.231 e. The molecule has 0 radical (unpaired) electrons. The Hall–Kier alpha value is -0.930. The van der Waals surface area contributed by atoms with Crippen molar-refractivity contribution in [2.75, 3.05) is 6.79 Å². The van der Waals surface area contributed by atoms with Gasteiger partial charge in [-0.15, -0.1) is 0 Å². The van der Waals surface area contributed by atoms with Crippen molar-refractivity contribution in [3.05, 3.63) is 22.2 Å². The van der Waals surface area contributed by atoms with Gasteiger partial charge in [0.25, 0.3) is 0 Å². The summed E-state index contributed by atoms with van der Waals surface area (Å²) in [6.07, 6.45) is 0. The number of benzene rings is 1. The summed E-state index contributed by atoms with van der Waals surface area (Å²) in [5, 5.41) is 10.5. The minimum atomic E-state index is -0.984. The second-order valence-electron chi connectivity index (χ2n) is 4.15. The van der Waals surface area contributed by atoms with Gasteiger partial charge in [-0.2, -0.15) is 0 Å². The highest BCUT2D eigenvalue weighted by Crippen LogP contribution is 2.44. The molecule has 0 saturated heterocycles. The van der Waals surface area contributed by atoms with Crippen LogP contribution in [0.5, 0.6) is 11.5 Å². The average molecular weight is 229 g/mol. The summed E-state index contributed by atoms with van der Waals surface area (Å²) >= 11 is 6.10. The minimum Gasteiger partial charge on any atom is -0.454 e. The average Bonchev–Trinajstić information content (AvgIpc) is 2.48. The molecule has 4 heteroatoms. The zero-order valence-electron chi connectivity index (χ0n) is 8.93. The van der Waals surface area contributed by atoms with Gasteiger partial charge in [0, 0.05) is 17.2 Å². The fourth-order valence-corrected chi connectivity index (χ4v) is 2.39. The number of halogens is 1. The summed E-state index contributed by atoms with van der Waals surface area (Å²) in [5.74, 6) is 1.32. The molecule has 82 valence electrons. The van der Waals surface area contributed by atoms with Gasteiger partial charge in [0.15, 0.2) is 11.5 Å². The Morgan fingerprint density at radius 3 is 2.67 bits per heavy atom. The Morgan fingerprint density at radius 2 is 2.07 bits per heavy atom. The van der Waals surface area contributed by atoms with Crippen LogP contribution in [0.4, 0.5) is 0 Å². The summed E-state index contributed by atoms with van der Waals surface area (Å²) in [6.45, 7) is 5.47. The Balaban J connectivity index is 2.67. The number of hydrogen-bond donors (Lipinski definition) is 1. The van der Waals surface area contributed by atoms with Crippen molar-refractivity contribution >= 4 is 11.6 Å². The SMILES string of the molecule is Cc1c2c(cc(Cl)c1C(C)(C)O)OCO2. The summed E-state index contributed by atoms with van der Waals surface area (Å²) in [4.78, 5) is 0. The molecule has 1 aliphatic heterocycles. The van der Waals surface area contributed by atoms with Gasteiger partial charge in [0.2, 0.25) is 6.79 Å². The van der Waals surface area contributed by atoms with E-state index in [-0.39, 0.29) is 6.79 Å². The van der Waals surface area contributed by atoms with Crippen LogP contribution in [0.15, 0.2) is 6.07 Å². The van der Waals surface area contributed by atoms with Crippen molar-refractivity contribution in [1.29, 1.82) is 0 Å². The topological polar surface area (TPSA) is 38.7 Å². The predicted molar refractivity (Wildman–Crippen MR) is 57.6 cm³/mol. The third kappa shape index (κ3) is 1.66. The smallest absolute Gasteiger partial charge is 0.231 e. The van der Waals surface area contributed by atoms with E-state index in [4.69, 9.17) is 21.1 Å². The van der Waals surface area contributed by atoms with E-state index in [0.29, 0.717) is 22.1 Å². The van der Waals surface area contributed by atoms with Gasteiger partial charge in [-0.05, 0) is 20.8 Å². The molecule has 0 amide bonds. The Bertz CT molecular complexity index is 407. The molecular formula is C11H13ClO3. The third-order valence-corrected chi connectivity index (χ3v) is 2.76. The highest BCUT2D eigenvalue weighted by atomic mass is 35.5. The molecular weight excluding hydrogens is 216 g/mol. The second-order valence-corrected chi connectivity index (χ2v) is 4.56. The van der Waals surface area contributed by atoms with E-state index in [9.17, 15) is 5.11 Å². The maximum atomic E-state index is 10.0. The molecule has 15 heavy (non-hydrogen) atoms. The quantitative estimate of drug-likeness (QED) is 0.803. The lowest BCUT2D eigenvalue weighted by molar-refractivity contribution is 0.0777. The first-order valence-electron chi connectivity index (χ1n) is 4.73. The van der Waals surface area contributed by atoms with Gasteiger partial charge >= 0.3 is 0 Å². The number of hydrogen-bond acceptors (Lipinski definition) is 3. The van der Waals surface area contributed by atoms with Crippen LogP contribution >= 0.6 is 11.6 Å². The molecule has 1 heterocycles. The van der Waals surface area contributed by atoms with Crippen molar-refractivity contribution in [3.63, 3.8) is 0 Å². The van der Waals surface area contributed by atoms with E-state index in [1.165, 1.54) is 0 Å². The highest BCUT2D eigenvalue weighted by molar-refractivity contribution is 6.31. The molecule has 1 aliphatic rings. The van der Waals surface area contributed by atoms with Crippen molar-refractivity contribution in [3.8, 4) is 11.5 Å². The summed E-state index contributed by atoms with van der Waals surface area (Å²) in [7, 11) is 0. The Morgan fingerprint density at radius 1 is 1.40 bits per heavy atom. The van der Waals surface area contributed by atoms with Crippen molar-refractivity contribution in [1.82, 2.24) is 0 Å². The highest BCUT2D eigenvalue weighted by Gasteiger charge is 2.28. The van der Waals surface area contributed by atoms with E-state index in [1.807, 2.05) is 6.92 Å². The Labute approximate surface area is 93.6 Å². The summed E-state index contributed by atoms with van der Waals surface area (Å²) in [5.41, 5.74) is 0.540. The fourth-order valence-electron chi connectivity index (χ4n) is 1.92. The molecule has 0 aromatic heterocycles. The number of rotatable bonds is 1. The summed E-state index contributed by atoms with van der Waals surface area (Å²) < 4.78 is 10.6. The number of aliphatic hydroxyl groups is 1. The Kier molecular flexibility index (Phi) is 2.32. The standard InChI is InChI=1S/C11H13ClO3/c1-6-9(11(2,3)13)7(12)4-8-10(6)15-5-14-8/h4,13H,5H2,1-3H3. The maximum absolute atomic E-state index is 10.0. The number of ether oxygens (including phenoxy) is 2. The van der Waals surface area contributed by atoms with E-state index in [2.05, 4.69) is 0 Å². The van der Waals surface area contributed by atoms with Crippen LogP contribution in [0.3, 0.4) is 0 Å². The zero-order chi connectivity index (χ0) is 11.2. The first-order valence-corrected chi connectivity index (χ1v) is 5.10. The number of fused-ring (bicyclic) bond motifs is 1. The van der Waals surface area contributed by atoms with Crippen LogP contribution in [-0.2, 0) is 5.60 Å².